The van der Waals surface area contributed by atoms with Gasteiger partial charge in [-0.2, -0.15) is 0 Å². The zero-order valence-corrected chi connectivity index (χ0v) is 6.92. The average molecular weight is 157 g/mol. The van der Waals surface area contributed by atoms with Crippen molar-refractivity contribution in [3.05, 3.63) is 0 Å². The standard InChI is InChI=1S/C8H15NO2/c1-7(5-8(10)11)6-9-3-2-4-9/h7H,2-6H2,1H3,(H,10,11). The number of carboxylic acid groups (broad SMARTS) is 1. The Morgan fingerprint density at radius 2 is 2.27 bits per heavy atom. The van der Waals surface area contributed by atoms with Crippen LogP contribution in [0.5, 0.6) is 0 Å². The van der Waals surface area contributed by atoms with Crippen LogP contribution >= 0.6 is 0 Å². The predicted molar refractivity (Wildman–Crippen MR) is 42.5 cm³/mol. The van der Waals surface area contributed by atoms with Crippen molar-refractivity contribution in [3.8, 4) is 0 Å². The van der Waals surface area contributed by atoms with Crippen LogP contribution in [0.1, 0.15) is 19.8 Å². The van der Waals surface area contributed by atoms with Gasteiger partial charge in [0.25, 0.3) is 0 Å². The summed E-state index contributed by atoms with van der Waals surface area (Å²) < 4.78 is 0. The number of hydrogen-bond acceptors (Lipinski definition) is 2. The van der Waals surface area contributed by atoms with Gasteiger partial charge in [-0.05, 0) is 25.4 Å². The van der Waals surface area contributed by atoms with Crippen molar-refractivity contribution >= 4 is 5.97 Å². The molecule has 0 aromatic heterocycles. The lowest BCUT2D eigenvalue weighted by Crippen LogP contribution is -2.40. The van der Waals surface area contributed by atoms with Crippen molar-refractivity contribution in [2.45, 2.75) is 19.8 Å². The van der Waals surface area contributed by atoms with Crippen molar-refractivity contribution in [2.24, 2.45) is 5.92 Å². The molecule has 3 heteroatoms. The second kappa shape index (κ2) is 3.72. The molecule has 1 N–H and O–H groups in total. The van der Waals surface area contributed by atoms with Gasteiger partial charge >= 0.3 is 5.97 Å². The third-order valence-corrected chi connectivity index (χ3v) is 2.04. The maximum Gasteiger partial charge on any atom is 0.303 e. The Morgan fingerprint density at radius 1 is 1.64 bits per heavy atom. The Kier molecular flexibility index (Phi) is 2.88. The zero-order valence-electron chi connectivity index (χ0n) is 6.92. The minimum absolute atomic E-state index is 0.299. The van der Waals surface area contributed by atoms with E-state index in [4.69, 9.17) is 5.11 Å². The third-order valence-electron chi connectivity index (χ3n) is 2.04. The van der Waals surface area contributed by atoms with Crippen LogP contribution in [0.2, 0.25) is 0 Å². The molecule has 3 nitrogen and oxygen atoms in total. The Balaban J connectivity index is 2.09. The number of carboxylic acids is 1. The van der Waals surface area contributed by atoms with Crippen LogP contribution in [0.3, 0.4) is 0 Å². The molecule has 1 heterocycles. The van der Waals surface area contributed by atoms with Crippen molar-refractivity contribution in [1.29, 1.82) is 0 Å². The van der Waals surface area contributed by atoms with Crippen LogP contribution in [0, 0.1) is 5.92 Å². The monoisotopic (exact) mass is 157 g/mol. The van der Waals surface area contributed by atoms with Crippen molar-refractivity contribution in [2.75, 3.05) is 19.6 Å². The molecular formula is C8H15NO2. The zero-order chi connectivity index (χ0) is 8.27. The third kappa shape index (κ3) is 2.89. The lowest BCUT2D eigenvalue weighted by atomic mass is 10.1. The van der Waals surface area contributed by atoms with E-state index in [1.54, 1.807) is 0 Å². The summed E-state index contributed by atoms with van der Waals surface area (Å²) in [6.07, 6.45) is 1.58. The molecule has 0 radical (unpaired) electrons. The average Bonchev–Trinajstić information content (AvgIpc) is 1.77. The van der Waals surface area contributed by atoms with Gasteiger partial charge < -0.3 is 10.0 Å². The second-order valence-electron chi connectivity index (χ2n) is 3.36. The first-order chi connectivity index (χ1) is 5.18. The molecule has 11 heavy (non-hydrogen) atoms. The Labute approximate surface area is 67.0 Å². The first kappa shape index (κ1) is 8.53. The maximum absolute atomic E-state index is 10.3. The highest BCUT2D eigenvalue weighted by molar-refractivity contribution is 5.66. The molecule has 1 rings (SSSR count). The van der Waals surface area contributed by atoms with E-state index in [9.17, 15) is 4.79 Å². The summed E-state index contributed by atoms with van der Waals surface area (Å²) in [5.41, 5.74) is 0. The molecular weight excluding hydrogens is 142 g/mol. The molecule has 64 valence electrons. The van der Waals surface area contributed by atoms with Gasteiger partial charge in [-0.3, -0.25) is 4.79 Å². The Hall–Kier alpha value is -0.570. The van der Waals surface area contributed by atoms with Crippen molar-refractivity contribution in [1.82, 2.24) is 4.90 Å². The molecule has 0 aromatic rings. The number of hydrogen-bond donors (Lipinski definition) is 1. The summed E-state index contributed by atoms with van der Waals surface area (Å²) in [5, 5.41) is 8.47. The van der Waals surface area contributed by atoms with Gasteiger partial charge in [0, 0.05) is 13.0 Å². The van der Waals surface area contributed by atoms with Gasteiger partial charge in [-0.25, -0.2) is 0 Å². The van der Waals surface area contributed by atoms with Gasteiger partial charge in [-0.1, -0.05) is 6.92 Å². The summed E-state index contributed by atoms with van der Waals surface area (Å²) >= 11 is 0. The normalized spacial score (nSPS) is 20.8. The SMILES string of the molecule is CC(CC(=O)O)CN1CCC1. The quantitative estimate of drug-likeness (QED) is 0.656. The first-order valence-electron chi connectivity index (χ1n) is 4.12. The van der Waals surface area contributed by atoms with Gasteiger partial charge in [0.15, 0.2) is 0 Å². The van der Waals surface area contributed by atoms with E-state index in [1.807, 2.05) is 6.92 Å². The van der Waals surface area contributed by atoms with E-state index in [0.29, 0.717) is 12.3 Å². The van der Waals surface area contributed by atoms with Gasteiger partial charge in [0.05, 0.1) is 0 Å². The molecule has 1 fully saturated rings. The van der Waals surface area contributed by atoms with Crippen molar-refractivity contribution in [3.63, 3.8) is 0 Å². The first-order valence-corrected chi connectivity index (χ1v) is 4.12. The molecule has 1 aliphatic rings. The number of likely N-dealkylation sites (tertiary alicyclic amines) is 1. The van der Waals surface area contributed by atoms with E-state index in [1.165, 1.54) is 6.42 Å². The summed E-state index contributed by atoms with van der Waals surface area (Å²) in [4.78, 5) is 12.6. The molecule has 1 unspecified atom stereocenters. The van der Waals surface area contributed by atoms with E-state index >= 15 is 0 Å². The largest absolute Gasteiger partial charge is 0.481 e. The van der Waals surface area contributed by atoms with E-state index in [2.05, 4.69) is 4.90 Å². The van der Waals surface area contributed by atoms with Crippen LogP contribution in [-0.4, -0.2) is 35.6 Å². The number of carbonyl (C=O) groups is 1. The highest BCUT2D eigenvalue weighted by atomic mass is 16.4. The molecule has 0 spiro atoms. The van der Waals surface area contributed by atoms with E-state index in [0.717, 1.165) is 19.6 Å². The number of nitrogens with zero attached hydrogens (tertiary/aromatic N) is 1. The minimum atomic E-state index is -0.682. The van der Waals surface area contributed by atoms with Crippen LogP contribution in [-0.2, 0) is 4.79 Å². The molecule has 0 saturated carbocycles. The number of rotatable bonds is 4. The smallest absolute Gasteiger partial charge is 0.303 e. The predicted octanol–water partition coefficient (Wildman–Crippen LogP) is 0.803. The Bertz CT molecular complexity index is 143. The van der Waals surface area contributed by atoms with Crippen molar-refractivity contribution < 1.29 is 9.90 Å². The van der Waals surface area contributed by atoms with Crippen LogP contribution in [0.25, 0.3) is 0 Å². The van der Waals surface area contributed by atoms with E-state index < -0.39 is 5.97 Å². The number of aliphatic carboxylic acids is 1. The molecule has 1 atom stereocenters. The second-order valence-corrected chi connectivity index (χ2v) is 3.36. The van der Waals surface area contributed by atoms with Crippen LogP contribution in [0.4, 0.5) is 0 Å². The lowest BCUT2D eigenvalue weighted by Gasteiger charge is -2.32. The fourth-order valence-electron chi connectivity index (χ4n) is 1.37. The summed E-state index contributed by atoms with van der Waals surface area (Å²) in [6, 6.07) is 0. The highest BCUT2D eigenvalue weighted by Gasteiger charge is 2.17. The molecule has 0 amide bonds. The fourth-order valence-corrected chi connectivity index (χ4v) is 1.37. The molecule has 0 aromatic carbocycles. The summed E-state index contributed by atoms with van der Waals surface area (Å²) in [5.74, 6) is -0.383. The summed E-state index contributed by atoms with van der Waals surface area (Å²) in [7, 11) is 0. The molecule has 0 bridgehead atoms. The Morgan fingerprint density at radius 3 is 2.64 bits per heavy atom. The molecule has 1 aliphatic heterocycles. The maximum atomic E-state index is 10.3. The molecule has 1 saturated heterocycles. The summed E-state index contributed by atoms with van der Waals surface area (Å²) in [6.45, 7) is 5.26. The molecule has 0 aliphatic carbocycles. The fraction of sp³-hybridized carbons (Fsp3) is 0.875. The van der Waals surface area contributed by atoms with E-state index in [-0.39, 0.29) is 0 Å². The minimum Gasteiger partial charge on any atom is -0.481 e. The lowest BCUT2D eigenvalue weighted by molar-refractivity contribution is -0.138. The van der Waals surface area contributed by atoms with Gasteiger partial charge in [0.2, 0.25) is 0 Å². The van der Waals surface area contributed by atoms with Gasteiger partial charge in [-0.15, -0.1) is 0 Å². The van der Waals surface area contributed by atoms with Crippen LogP contribution < -0.4 is 0 Å². The van der Waals surface area contributed by atoms with Crippen LogP contribution in [0.15, 0.2) is 0 Å². The topological polar surface area (TPSA) is 40.5 Å². The van der Waals surface area contributed by atoms with Gasteiger partial charge in [0.1, 0.15) is 0 Å². The highest BCUT2D eigenvalue weighted by Crippen LogP contribution is 2.11.